The van der Waals surface area contributed by atoms with Gasteiger partial charge in [-0.05, 0) is 41.1 Å². The van der Waals surface area contributed by atoms with Gasteiger partial charge in [0.05, 0.1) is 5.69 Å². The van der Waals surface area contributed by atoms with Gasteiger partial charge in [0.1, 0.15) is 12.4 Å². The highest BCUT2D eigenvalue weighted by Crippen LogP contribution is 2.19. The molecule has 0 saturated carbocycles. The molecule has 4 nitrogen and oxygen atoms in total. The van der Waals surface area contributed by atoms with Crippen LogP contribution in [0, 0.1) is 6.92 Å². The van der Waals surface area contributed by atoms with E-state index >= 15 is 0 Å². The van der Waals surface area contributed by atoms with Gasteiger partial charge in [0.15, 0.2) is 0 Å². The Balaban J connectivity index is 2.08. The van der Waals surface area contributed by atoms with E-state index in [4.69, 9.17) is 4.74 Å². The van der Waals surface area contributed by atoms with E-state index in [1.807, 2.05) is 25.1 Å². The zero-order valence-corrected chi connectivity index (χ0v) is 14.1. The van der Waals surface area contributed by atoms with Gasteiger partial charge in [0, 0.05) is 40.7 Å². The maximum Gasteiger partial charge on any atom is 0.142 e. The number of pyridine rings is 2. The maximum atomic E-state index is 5.90. The molecule has 0 unspecified atom stereocenters. The highest BCUT2D eigenvalue weighted by atomic mass is 79.9. The molecule has 2 rings (SSSR count). The summed E-state index contributed by atoms with van der Waals surface area (Å²) in [6.07, 6.45) is 3.56. The molecule has 0 spiro atoms. The van der Waals surface area contributed by atoms with Crippen LogP contribution in [0.2, 0.25) is 0 Å². The number of aromatic nitrogens is 2. The zero-order valence-electron chi connectivity index (χ0n) is 12.6. The minimum Gasteiger partial charge on any atom is -0.487 e. The Bertz CT molecular complexity index is 602. The van der Waals surface area contributed by atoms with E-state index in [9.17, 15) is 0 Å². The second-order valence-electron chi connectivity index (χ2n) is 5.23. The molecule has 0 saturated heterocycles. The van der Waals surface area contributed by atoms with Crippen molar-refractivity contribution in [2.75, 3.05) is 0 Å². The van der Waals surface area contributed by atoms with E-state index in [0.717, 1.165) is 27.2 Å². The van der Waals surface area contributed by atoms with Crippen LogP contribution < -0.4 is 10.1 Å². The van der Waals surface area contributed by atoms with Gasteiger partial charge >= 0.3 is 0 Å². The molecule has 1 N–H and O–H groups in total. The lowest BCUT2D eigenvalue weighted by atomic mass is 10.2. The molecule has 2 heterocycles. The lowest BCUT2D eigenvalue weighted by Gasteiger charge is -2.13. The van der Waals surface area contributed by atoms with Gasteiger partial charge in [0.25, 0.3) is 0 Å². The average molecular weight is 350 g/mol. The zero-order chi connectivity index (χ0) is 15.2. The molecule has 21 heavy (non-hydrogen) atoms. The molecular weight excluding hydrogens is 330 g/mol. The van der Waals surface area contributed by atoms with E-state index in [0.29, 0.717) is 19.2 Å². The normalized spacial score (nSPS) is 10.9. The second kappa shape index (κ2) is 7.52. The van der Waals surface area contributed by atoms with Crippen LogP contribution in [0.25, 0.3) is 0 Å². The van der Waals surface area contributed by atoms with Gasteiger partial charge < -0.3 is 10.1 Å². The summed E-state index contributed by atoms with van der Waals surface area (Å²) in [5.41, 5.74) is 2.95. The van der Waals surface area contributed by atoms with Crippen molar-refractivity contribution in [2.24, 2.45) is 0 Å². The third-order valence-corrected chi connectivity index (χ3v) is 3.34. The Hall–Kier alpha value is -1.46. The summed E-state index contributed by atoms with van der Waals surface area (Å²) in [4.78, 5) is 8.70. The van der Waals surface area contributed by atoms with Gasteiger partial charge in [-0.2, -0.15) is 0 Å². The fraction of sp³-hybridized carbons (Fsp3) is 0.375. The van der Waals surface area contributed by atoms with Gasteiger partial charge in [-0.25, -0.2) is 0 Å². The van der Waals surface area contributed by atoms with Crippen LogP contribution in [0.15, 0.2) is 35.1 Å². The number of aryl methyl sites for hydroxylation is 1. The van der Waals surface area contributed by atoms with E-state index in [1.54, 1.807) is 12.4 Å². The first-order valence-corrected chi connectivity index (χ1v) is 7.76. The summed E-state index contributed by atoms with van der Waals surface area (Å²) < 4.78 is 6.85. The summed E-state index contributed by atoms with van der Waals surface area (Å²) in [6, 6.07) is 6.36. The second-order valence-corrected chi connectivity index (χ2v) is 6.15. The molecule has 0 amide bonds. The number of nitrogens with one attached hydrogen (secondary N) is 1. The molecule has 2 aromatic rings. The Labute approximate surface area is 134 Å². The van der Waals surface area contributed by atoms with Crippen molar-refractivity contribution in [1.82, 2.24) is 15.3 Å². The van der Waals surface area contributed by atoms with Crippen LogP contribution in [0.5, 0.6) is 5.75 Å². The summed E-state index contributed by atoms with van der Waals surface area (Å²) >= 11 is 3.41. The summed E-state index contributed by atoms with van der Waals surface area (Å²) in [7, 11) is 0. The SMILES string of the molecule is Cc1ccc(OCc2cncc(Br)c2)c(CNC(C)C)n1. The van der Waals surface area contributed by atoms with Crippen LogP contribution in [0.1, 0.15) is 30.8 Å². The van der Waals surface area contributed by atoms with Crippen molar-refractivity contribution in [3.63, 3.8) is 0 Å². The number of nitrogens with zero attached hydrogens (tertiary/aromatic N) is 2. The summed E-state index contributed by atoms with van der Waals surface area (Å²) in [5, 5.41) is 3.37. The minimum absolute atomic E-state index is 0.412. The van der Waals surface area contributed by atoms with Crippen molar-refractivity contribution in [2.45, 2.75) is 40.0 Å². The molecule has 0 aliphatic rings. The molecule has 0 radical (unpaired) electrons. The van der Waals surface area contributed by atoms with E-state index in [1.165, 1.54) is 0 Å². The Morgan fingerprint density at radius 2 is 2.10 bits per heavy atom. The van der Waals surface area contributed by atoms with E-state index in [2.05, 4.69) is 45.1 Å². The lowest BCUT2D eigenvalue weighted by Crippen LogP contribution is -2.23. The van der Waals surface area contributed by atoms with Gasteiger partial charge in [-0.15, -0.1) is 0 Å². The van der Waals surface area contributed by atoms with Crippen molar-refractivity contribution in [3.8, 4) is 5.75 Å². The fourth-order valence-corrected chi connectivity index (χ4v) is 2.26. The van der Waals surface area contributed by atoms with Crippen LogP contribution in [-0.2, 0) is 13.2 Å². The fourth-order valence-electron chi connectivity index (χ4n) is 1.85. The Morgan fingerprint density at radius 1 is 1.29 bits per heavy atom. The van der Waals surface area contributed by atoms with Crippen LogP contribution in [0.3, 0.4) is 0 Å². The van der Waals surface area contributed by atoms with E-state index in [-0.39, 0.29) is 0 Å². The molecule has 0 atom stereocenters. The average Bonchev–Trinajstić information content (AvgIpc) is 2.44. The van der Waals surface area contributed by atoms with Crippen molar-refractivity contribution >= 4 is 15.9 Å². The van der Waals surface area contributed by atoms with Crippen molar-refractivity contribution in [3.05, 3.63) is 52.0 Å². The van der Waals surface area contributed by atoms with Crippen LogP contribution in [-0.4, -0.2) is 16.0 Å². The number of halogens is 1. The first-order chi connectivity index (χ1) is 10.0. The highest BCUT2D eigenvalue weighted by Gasteiger charge is 2.07. The third kappa shape index (κ3) is 5.10. The van der Waals surface area contributed by atoms with E-state index < -0.39 is 0 Å². The number of hydrogen-bond acceptors (Lipinski definition) is 4. The smallest absolute Gasteiger partial charge is 0.142 e. The van der Waals surface area contributed by atoms with Gasteiger partial charge in [-0.3, -0.25) is 9.97 Å². The van der Waals surface area contributed by atoms with Crippen molar-refractivity contribution in [1.29, 1.82) is 0 Å². The van der Waals surface area contributed by atoms with Gasteiger partial charge in [0.2, 0.25) is 0 Å². The molecule has 112 valence electrons. The highest BCUT2D eigenvalue weighted by molar-refractivity contribution is 9.10. The predicted molar refractivity (Wildman–Crippen MR) is 87.2 cm³/mol. The Morgan fingerprint density at radius 3 is 2.81 bits per heavy atom. The molecule has 5 heteroatoms. The molecule has 0 bridgehead atoms. The number of hydrogen-bond donors (Lipinski definition) is 1. The quantitative estimate of drug-likeness (QED) is 0.864. The largest absolute Gasteiger partial charge is 0.487 e. The first kappa shape index (κ1) is 15.9. The monoisotopic (exact) mass is 349 g/mol. The standard InChI is InChI=1S/C16H20BrN3O/c1-11(2)19-9-15-16(5-4-12(3)20-15)21-10-13-6-14(17)8-18-7-13/h4-8,11,19H,9-10H2,1-3H3. The molecule has 0 fully saturated rings. The maximum absolute atomic E-state index is 5.90. The van der Waals surface area contributed by atoms with Gasteiger partial charge in [-0.1, -0.05) is 13.8 Å². The molecule has 0 aliphatic carbocycles. The lowest BCUT2D eigenvalue weighted by molar-refractivity contribution is 0.299. The predicted octanol–water partition coefficient (Wildman–Crippen LogP) is 3.62. The topological polar surface area (TPSA) is 47.0 Å². The van der Waals surface area contributed by atoms with Crippen LogP contribution >= 0.6 is 15.9 Å². The number of rotatable bonds is 6. The molecule has 2 aromatic heterocycles. The molecular formula is C16H20BrN3O. The minimum atomic E-state index is 0.412. The summed E-state index contributed by atoms with van der Waals surface area (Å²) in [5.74, 6) is 0.814. The first-order valence-electron chi connectivity index (χ1n) is 6.96. The number of ether oxygens (including phenoxy) is 1. The molecule has 0 aliphatic heterocycles. The summed E-state index contributed by atoms with van der Waals surface area (Å²) in [6.45, 7) is 7.39. The van der Waals surface area contributed by atoms with Crippen LogP contribution in [0.4, 0.5) is 0 Å². The third-order valence-electron chi connectivity index (χ3n) is 2.91. The van der Waals surface area contributed by atoms with Crippen molar-refractivity contribution < 1.29 is 4.74 Å². The molecule has 0 aromatic carbocycles. The Kier molecular flexibility index (Phi) is 5.70.